The number of ether oxygens (including phenoxy) is 5. The van der Waals surface area contributed by atoms with E-state index in [2.05, 4.69) is 4.90 Å². The summed E-state index contributed by atoms with van der Waals surface area (Å²) in [6.07, 6.45) is 11.8. The van der Waals surface area contributed by atoms with Crippen molar-refractivity contribution in [2.45, 2.75) is 98.7 Å². The number of halogens is 1. The smallest absolute Gasteiger partial charge is 0.303 e. The van der Waals surface area contributed by atoms with Gasteiger partial charge in [-0.15, -0.1) is 0 Å². The number of rotatable bonds is 30. The number of methoxy groups -OCH3 is 2. The predicted molar refractivity (Wildman–Crippen MR) is 263 cm³/mol. The fourth-order valence-corrected chi connectivity index (χ4v) is 11.2. The molecular formula is C49H65ClN2O16S3-2. The number of hydrogen-bond acceptors (Lipinski definition) is 16. The zero-order valence-corrected chi connectivity index (χ0v) is 43.9. The van der Waals surface area contributed by atoms with Crippen LogP contribution in [0, 0.1) is 0 Å². The molecule has 2 aliphatic heterocycles. The predicted octanol–water partition coefficient (Wildman–Crippen LogP) is 6.38. The first-order valence-corrected chi connectivity index (χ1v) is 28.3. The lowest BCUT2D eigenvalue weighted by molar-refractivity contribution is -0.442. The van der Waals surface area contributed by atoms with Gasteiger partial charge in [-0.25, -0.2) is 25.3 Å². The molecule has 2 atom stereocenters. The monoisotopic (exact) mass is 1070 g/mol. The van der Waals surface area contributed by atoms with Crippen LogP contribution >= 0.6 is 11.6 Å². The summed E-state index contributed by atoms with van der Waals surface area (Å²) in [5.41, 5.74) is 3.54. The van der Waals surface area contributed by atoms with Crippen LogP contribution in [0.25, 0.3) is 0 Å². The first kappa shape index (κ1) is 58.1. The summed E-state index contributed by atoms with van der Waals surface area (Å²) in [4.78, 5) is 12.5. The number of aliphatic carboxylic acids is 1. The molecule has 3 aliphatic rings. The van der Waals surface area contributed by atoms with Crippen molar-refractivity contribution in [3.05, 3.63) is 93.7 Å². The molecule has 18 nitrogen and oxygen atoms in total. The van der Waals surface area contributed by atoms with E-state index in [4.69, 9.17) is 35.3 Å². The number of benzene rings is 2. The van der Waals surface area contributed by atoms with E-state index in [1.807, 2.05) is 42.7 Å². The Morgan fingerprint density at radius 3 is 1.99 bits per heavy atom. The minimum Gasteiger partial charge on any atom is -0.748 e. The number of carboxylic acid groups (broad SMARTS) is 1. The molecule has 0 fully saturated rings. The molecule has 2 aromatic rings. The van der Waals surface area contributed by atoms with Crippen molar-refractivity contribution < 1.29 is 77.1 Å². The fraction of sp³-hybridized carbons (Fsp3) is 0.551. The molecule has 2 aromatic carbocycles. The van der Waals surface area contributed by atoms with E-state index in [-0.39, 0.29) is 43.9 Å². The molecule has 0 amide bonds. The summed E-state index contributed by atoms with van der Waals surface area (Å²) in [5, 5.41) is 9.69. The van der Waals surface area contributed by atoms with Crippen molar-refractivity contribution in [3.8, 4) is 0 Å². The van der Waals surface area contributed by atoms with Crippen molar-refractivity contribution in [1.82, 2.24) is 0 Å². The van der Waals surface area contributed by atoms with Crippen molar-refractivity contribution in [3.63, 3.8) is 0 Å². The van der Waals surface area contributed by atoms with Gasteiger partial charge in [-0.05, 0) is 118 Å². The van der Waals surface area contributed by atoms with E-state index >= 15 is 0 Å². The lowest BCUT2D eigenvalue weighted by Gasteiger charge is -2.30. The summed E-state index contributed by atoms with van der Waals surface area (Å²) in [7, 11) is -11.1. The van der Waals surface area contributed by atoms with E-state index in [0.29, 0.717) is 119 Å². The number of carbonyl (C=O) groups is 1. The molecule has 0 spiro atoms. The third kappa shape index (κ3) is 15.6. The topological polar surface area (TPSA) is 261 Å². The largest absolute Gasteiger partial charge is 0.748 e. The summed E-state index contributed by atoms with van der Waals surface area (Å²) in [6.45, 7) is 7.27. The molecule has 2 heterocycles. The first-order chi connectivity index (χ1) is 33.5. The average molecular weight is 1070 g/mol. The molecule has 5 rings (SSSR count). The van der Waals surface area contributed by atoms with E-state index in [0.717, 1.165) is 22.5 Å². The van der Waals surface area contributed by atoms with Gasteiger partial charge in [0.2, 0.25) is 5.69 Å². The van der Waals surface area contributed by atoms with Gasteiger partial charge in [0.25, 0.3) is 0 Å². The second-order valence-electron chi connectivity index (χ2n) is 18.0. The standard InChI is InChI=1S/C49H67ClN2O16S3/c1-48(21-9-33-69(55,56)57)40-34-38(70(58,59)60)16-18-43(40)52(24-26-66-29-30-68-32-31-67-28-27-65-4)44(48)19-13-36-10-8-11-37(47(36)50)14-20-45-49(2,22-25-64-3)41-35-39(71(61,62)63)15-17-42(41)51(45)23-7-5-6-12-46(53)54/h13-20,34-35H,5-12,21-33H2,1-4H3,(H3-,53,54,55,56,57,58,59,60,61,62,63)/p-2. The third-order valence-corrected chi connectivity index (χ3v) is 16.1. The van der Waals surface area contributed by atoms with Crippen molar-refractivity contribution in [2.75, 3.05) is 90.8 Å². The molecule has 0 saturated heterocycles. The fourth-order valence-electron chi connectivity index (χ4n) is 9.42. The molecule has 394 valence electrons. The van der Waals surface area contributed by atoms with Crippen LogP contribution in [0.2, 0.25) is 0 Å². The second kappa shape index (κ2) is 25.9. The van der Waals surface area contributed by atoms with Gasteiger partial charge in [0.1, 0.15) is 26.8 Å². The van der Waals surface area contributed by atoms with E-state index in [9.17, 15) is 48.8 Å². The van der Waals surface area contributed by atoms with Crippen LogP contribution < -0.4 is 4.90 Å². The minimum absolute atomic E-state index is 0.0308. The SMILES string of the molecule is COCCOCCOCCOCC[N+]1=C(/C=C/C2=C(Cl)C(=C/C=C3/N(CCCCCC(=O)O)c4ccc(S(=O)(=O)[O-])cc4C3(C)CCOC)/CCC2)C(C)(CCCS(=O)(=O)[O-])c2cc(S(=O)(=O)[O-])ccc21. The van der Waals surface area contributed by atoms with Crippen molar-refractivity contribution in [1.29, 1.82) is 0 Å². The molecule has 0 saturated carbocycles. The van der Waals surface area contributed by atoms with Crippen LogP contribution in [0.1, 0.15) is 89.2 Å². The molecule has 2 unspecified atom stereocenters. The third-order valence-electron chi connectivity index (χ3n) is 13.1. The molecule has 0 bridgehead atoms. The van der Waals surface area contributed by atoms with Crippen LogP contribution in [-0.2, 0) is 69.7 Å². The van der Waals surface area contributed by atoms with Gasteiger partial charge in [0, 0.05) is 79.1 Å². The van der Waals surface area contributed by atoms with E-state index in [1.54, 1.807) is 26.4 Å². The Balaban J connectivity index is 1.53. The highest BCUT2D eigenvalue weighted by Gasteiger charge is 2.48. The van der Waals surface area contributed by atoms with Gasteiger partial charge in [-0.1, -0.05) is 30.2 Å². The molecule has 0 aromatic heterocycles. The number of anilines is 1. The maximum Gasteiger partial charge on any atom is 0.303 e. The Bertz CT molecular complexity index is 2720. The van der Waals surface area contributed by atoms with Gasteiger partial charge >= 0.3 is 5.97 Å². The summed E-state index contributed by atoms with van der Waals surface area (Å²) in [6, 6.07) is 8.44. The van der Waals surface area contributed by atoms with E-state index < -0.39 is 57.8 Å². The summed E-state index contributed by atoms with van der Waals surface area (Å²) < 4.78 is 139. The highest BCUT2D eigenvalue weighted by Crippen LogP contribution is 2.51. The number of nitrogens with zero attached hydrogens (tertiary/aromatic N) is 2. The molecule has 1 aliphatic carbocycles. The molecule has 1 N–H and O–H groups in total. The first-order valence-electron chi connectivity index (χ1n) is 23.5. The Morgan fingerprint density at radius 1 is 0.746 bits per heavy atom. The van der Waals surface area contributed by atoms with Crippen molar-refractivity contribution in [2.24, 2.45) is 0 Å². The van der Waals surface area contributed by atoms with Crippen LogP contribution in [-0.4, -0.2) is 146 Å². The van der Waals surface area contributed by atoms with Gasteiger partial charge in [-0.2, -0.15) is 4.58 Å². The maximum absolute atomic E-state index is 12.3. The van der Waals surface area contributed by atoms with Gasteiger partial charge in [0.05, 0.1) is 65.0 Å². The number of hydrogen-bond donors (Lipinski definition) is 1. The van der Waals surface area contributed by atoms with E-state index in [1.165, 1.54) is 24.3 Å². The Labute approximate surface area is 423 Å². The minimum atomic E-state index is -4.89. The Hall–Kier alpha value is -3.84. The number of allylic oxidation sites excluding steroid dienone is 8. The quantitative estimate of drug-likeness (QED) is 0.0506. The lowest BCUT2D eigenvalue weighted by atomic mass is 9.75. The van der Waals surface area contributed by atoms with Crippen molar-refractivity contribution >= 4 is 65.0 Å². The van der Waals surface area contributed by atoms with Crippen LogP contribution in [0.3, 0.4) is 0 Å². The molecule has 22 heteroatoms. The van der Waals surface area contributed by atoms with Crippen LogP contribution in [0.5, 0.6) is 0 Å². The Kier molecular flexibility index (Phi) is 21.2. The van der Waals surface area contributed by atoms with Gasteiger partial charge < -0.3 is 47.3 Å². The molecule has 71 heavy (non-hydrogen) atoms. The molecule has 0 radical (unpaired) electrons. The normalized spacial score (nSPS) is 20.8. The van der Waals surface area contributed by atoms with Crippen LogP contribution in [0.15, 0.2) is 92.4 Å². The highest BCUT2D eigenvalue weighted by molar-refractivity contribution is 7.86. The Morgan fingerprint density at radius 2 is 1.37 bits per heavy atom. The van der Waals surface area contributed by atoms with Gasteiger partial charge in [-0.3, -0.25) is 4.79 Å². The maximum atomic E-state index is 12.3. The van der Waals surface area contributed by atoms with Gasteiger partial charge in [0.15, 0.2) is 12.3 Å². The summed E-state index contributed by atoms with van der Waals surface area (Å²) >= 11 is 7.28. The number of carboxylic acids is 1. The lowest BCUT2D eigenvalue weighted by Crippen LogP contribution is -2.33. The average Bonchev–Trinajstić information content (AvgIpc) is 3.67. The second-order valence-corrected chi connectivity index (χ2v) is 22.7. The van der Waals surface area contributed by atoms with Crippen LogP contribution in [0.4, 0.5) is 11.4 Å². The molecular weight excluding hydrogens is 1000 g/mol. The zero-order valence-electron chi connectivity index (χ0n) is 40.7. The highest BCUT2D eigenvalue weighted by atomic mass is 35.5. The zero-order chi connectivity index (χ0) is 52.0. The number of unbranched alkanes of at least 4 members (excludes halogenated alkanes) is 2. The number of fused-ring (bicyclic) bond motifs is 2. The summed E-state index contributed by atoms with van der Waals surface area (Å²) in [5.74, 6) is -1.54.